The number of morpholine rings is 1. The fraction of sp³-hybridized carbons (Fsp3) is 0.357. The van der Waals surface area contributed by atoms with Gasteiger partial charge >= 0.3 is 0 Å². The van der Waals surface area contributed by atoms with Gasteiger partial charge < -0.3 is 9.64 Å². The second kappa shape index (κ2) is 5.75. The predicted octanol–water partition coefficient (Wildman–Crippen LogP) is 2.12. The number of ether oxygens (including phenoxy) is 1. The van der Waals surface area contributed by atoms with Crippen molar-refractivity contribution in [1.29, 1.82) is 0 Å². The van der Waals surface area contributed by atoms with E-state index >= 15 is 0 Å². The number of rotatable bonds is 3. The third-order valence-electron chi connectivity index (χ3n) is 3.40. The van der Waals surface area contributed by atoms with Crippen LogP contribution in [0, 0.1) is 6.92 Å². The van der Waals surface area contributed by atoms with Gasteiger partial charge in [0.25, 0.3) is 0 Å². The molecule has 7 heteroatoms. The van der Waals surface area contributed by atoms with Crippen LogP contribution in [0.4, 0.5) is 5.00 Å². The average molecular weight is 324 g/mol. The van der Waals surface area contributed by atoms with E-state index in [1.54, 1.807) is 29.8 Å². The van der Waals surface area contributed by atoms with E-state index in [9.17, 15) is 8.42 Å². The van der Waals surface area contributed by atoms with E-state index < -0.39 is 9.84 Å². The van der Waals surface area contributed by atoms with Gasteiger partial charge in [0.15, 0.2) is 5.03 Å². The van der Waals surface area contributed by atoms with Crippen LogP contribution in [0.3, 0.4) is 0 Å². The smallest absolute Gasteiger partial charge is 0.226 e. The van der Waals surface area contributed by atoms with Crippen molar-refractivity contribution in [3.63, 3.8) is 0 Å². The van der Waals surface area contributed by atoms with Crippen LogP contribution in [0.1, 0.15) is 5.56 Å². The Morgan fingerprint density at radius 1 is 1.19 bits per heavy atom. The summed E-state index contributed by atoms with van der Waals surface area (Å²) in [5, 5.41) is 0.858. The first-order valence-electron chi connectivity index (χ1n) is 6.67. The maximum absolute atomic E-state index is 12.8. The monoisotopic (exact) mass is 324 g/mol. The summed E-state index contributed by atoms with van der Waals surface area (Å²) < 4.78 is 30.8. The van der Waals surface area contributed by atoms with Crippen molar-refractivity contribution in [2.24, 2.45) is 0 Å². The lowest BCUT2D eigenvalue weighted by Gasteiger charge is -2.27. The van der Waals surface area contributed by atoms with E-state index in [4.69, 9.17) is 4.74 Å². The molecule has 0 amide bonds. The van der Waals surface area contributed by atoms with Gasteiger partial charge in [-0.2, -0.15) is 0 Å². The number of aromatic nitrogens is 1. The summed E-state index contributed by atoms with van der Waals surface area (Å²) >= 11 is 1.36. The molecule has 1 aliphatic heterocycles. The molecule has 1 saturated heterocycles. The van der Waals surface area contributed by atoms with Crippen LogP contribution >= 0.6 is 11.3 Å². The first-order chi connectivity index (χ1) is 10.1. The van der Waals surface area contributed by atoms with Gasteiger partial charge in [-0.3, -0.25) is 0 Å². The minimum absolute atomic E-state index is 0.151. The molecule has 0 spiro atoms. The van der Waals surface area contributed by atoms with E-state index in [2.05, 4.69) is 4.98 Å². The lowest BCUT2D eigenvalue weighted by Crippen LogP contribution is -2.36. The molecule has 2 heterocycles. The summed E-state index contributed by atoms with van der Waals surface area (Å²) in [4.78, 5) is 6.43. The highest BCUT2D eigenvalue weighted by Gasteiger charge is 2.27. The molecule has 0 atom stereocenters. The number of benzene rings is 1. The van der Waals surface area contributed by atoms with E-state index in [1.165, 1.54) is 11.3 Å². The van der Waals surface area contributed by atoms with Gasteiger partial charge in [0.05, 0.1) is 23.6 Å². The molecule has 1 aliphatic rings. The molecule has 0 N–H and O–H groups in total. The molecule has 1 aromatic carbocycles. The quantitative estimate of drug-likeness (QED) is 0.865. The number of hydrogen-bond donors (Lipinski definition) is 0. The van der Waals surface area contributed by atoms with Crippen LogP contribution in [-0.2, 0) is 14.6 Å². The Balaban J connectivity index is 2.00. The lowest BCUT2D eigenvalue weighted by atomic mass is 10.2. The fourth-order valence-corrected chi connectivity index (χ4v) is 4.77. The summed E-state index contributed by atoms with van der Waals surface area (Å²) in [7, 11) is -3.58. The maximum Gasteiger partial charge on any atom is 0.226 e. The van der Waals surface area contributed by atoms with Crippen molar-refractivity contribution in [2.75, 3.05) is 31.2 Å². The third-order valence-corrected chi connectivity index (χ3v) is 6.12. The van der Waals surface area contributed by atoms with Crippen molar-refractivity contribution < 1.29 is 13.2 Å². The number of sulfone groups is 1. The van der Waals surface area contributed by atoms with Gasteiger partial charge in [-0.15, -0.1) is 11.3 Å². The summed E-state index contributed by atoms with van der Waals surface area (Å²) in [6, 6.07) is 6.86. The Bertz CT molecular complexity index is 717. The SMILES string of the molecule is Cc1ccc(S(=O)(=O)c2ncsc2N2CCOCC2)cc1. The molecule has 3 rings (SSSR count). The van der Waals surface area contributed by atoms with Crippen molar-refractivity contribution in [3.05, 3.63) is 35.3 Å². The second-order valence-corrected chi connectivity index (χ2v) is 7.58. The van der Waals surface area contributed by atoms with E-state index in [0.29, 0.717) is 31.3 Å². The van der Waals surface area contributed by atoms with Gasteiger partial charge in [0.2, 0.25) is 9.84 Å². The number of hydrogen-bond acceptors (Lipinski definition) is 6. The number of aryl methyl sites for hydroxylation is 1. The molecular formula is C14H16N2O3S2. The summed E-state index contributed by atoms with van der Waals surface area (Å²) in [6.45, 7) is 4.54. The van der Waals surface area contributed by atoms with Gasteiger partial charge in [0.1, 0.15) is 5.00 Å². The summed E-state index contributed by atoms with van der Waals surface area (Å²) in [5.41, 5.74) is 2.62. The Hall–Kier alpha value is -1.44. The highest BCUT2D eigenvalue weighted by molar-refractivity contribution is 7.91. The molecule has 1 fully saturated rings. The van der Waals surface area contributed by atoms with Crippen molar-refractivity contribution in [3.8, 4) is 0 Å². The topological polar surface area (TPSA) is 59.5 Å². The van der Waals surface area contributed by atoms with Crippen LogP contribution in [0.25, 0.3) is 0 Å². The van der Waals surface area contributed by atoms with Gasteiger partial charge in [-0.1, -0.05) is 17.7 Å². The van der Waals surface area contributed by atoms with Crippen LogP contribution < -0.4 is 4.90 Å². The number of anilines is 1. The highest BCUT2D eigenvalue weighted by atomic mass is 32.2. The van der Waals surface area contributed by atoms with Crippen LogP contribution in [0.15, 0.2) is 39.7 Å². The van der Waals surface area contributed by atoms with E-state index in [0.717, 1.165) is 5.56 Å². The normalized spacial score (nSPS) is 16.1. The standard InChI is InChI=1S/C14H16N2O3S2/c1-11-2-4-12(5-3-11)21(17,18)13-14(20-10-15-13)16-6-8-19-9-7-16/h2-5,10H,6-9H2,1H3. The molecule has 21 heavy (non-hydrogen) atoms. The zero-order valence-corrected chi connectivity index (χ0v) is 13.3. The number of nitrogens with zero attached hydrogens (tertiary/aromatic N) is 2. The molecule has 2 aromatic rings. The van der Waals surface area contributed by atoms with Crippen molar-refractivity contribution >= 4 is 26.2 Å². The van der Waals surface area contributed by atoms with E-state index in [1.807, 2.05) is 11.8 Å². The third kappa shape index (κ3) is 2.81. The Morgan fingerprint density at radius 2 is 1.86 bits per heavy atom. The first kappa shape index (κ1) is 14.5. The molecule has 112 valence electrons. The molecular weight excluding hydrogens is 308 g/mol. The van der Waals surface area contributed by atoms with Crippen molar-refractivity contribution in [1.82, 2.24) is 4.98 Å². The zero-order chi connectivity index (χ0) is 14.9. The molecule has 0 radical (unpaired) electrons. The van der Waals surface area contributed by atoms with Crippen molar-refractivity contribution in [2.45, 2.75) is 16.8 Å². The summed E-state index contributed by atoms with van der Waals surface area (Å²) in [5.74, 6) is 0. The lowest BCUT2D eigenvalue weighted by molar-refractivity contribution is 0.123. The van der Waals surface area contributed by atoms with Crippen LogP contribution in [0.2, 0.25) is 0 Å². The zero-order valence-electron chi connectivity index (χ0n) is 11.7. The maximum atomic E-state index is 12.8. The second-order valence-electron chi connectivity index (χ2n) is 4.88. The molecule has 0 bridgehead atoms. The molecule has 0 aliphatic carbocycles. The molecule has 0 saturated carbocycles. The van der Waals surface area contributed by atoms with Gasteiger partial charge in [-0.25, -0.2) is 13.4 Å². The number of thiazole rings is 1. The molecule has 0 unspecified atom stereocenters. The van der Waals surface area contributed by atoms with E-state index in [-0.39, 0.29) is 9.92 Å². The molecule has 5 nitrogen and oxygen atoms in total. The Morgan fingerprint density at radius 3 is 2.52 bits per heavy atom. The Kier molecular flexibility index (Phi) is 3.97. The van der Waals surface area contributed by atoms with Gasteiger partial charge in [-0.05, 0) is 19.1 Å². The average Bonchev–Trinajstić information content (AvgIpc) is 2.99. The van der Waals surface area contributed by atoms with Gasteiger partial charge in [0, 0.05) is 13.1 Å². The Labute approximate surface area is 128 Å². The summed E-state index contributed by atoms with van der Waals surface area (Å²) in [6.07, 6.45) is 0. The minimum atomic E-state index is -3.58. The predicted molar refractivity (Wildman–Crippen MR) is 81.8 cm³/mol. The minimum Gasteiger partial charge on any atom is -0.378 e. The largest absolute Gasteiger partial charge is 0.378 e. The highest BCUT2D eigenvalue weighted by Crippen LogP contribution is 2.33. The molecule has 1 aromatic heterocycles. The van der Waals surface area contributed by atoms with Crippen LogP contribution in [-0.4, -0.2) is 39.7 Å². The first-order valence-corrected chi connectivity index (χ1v) is 9.03. The fourth-order valence-electron chi connectivity index (χ4n) is 2.22. The van der Waals surface area contributed by atoms with Crippen LogP contribution in [0.5, 0.6) is 0 Å².